The van der Waals surface area contributed by atoms with Crippen molar-refractivity contribution in [2.45, 2.75) is 19.9 Å². The van der Waals surface area contributed by atoms with Crippen LogP contribution in [0.2, 0.25) is 0 Å². The smallest absolute Gasteiger partial charge is 0.266 e. The highest BCUT2D eigenvalue weighted by Crippen LogP contribution is 2.32. The Kier molecular flexibility index (Phi) is 6.13. The van der Waals surface area contributed by atoms with Crippen molar-refractivity contribution in [1.29, 1.82) is 5.26 Å². The maximum Gasteiger partial charge on any atom is 0.266 e. The van der Waals surface area contributed by atoms with Crippen LogP contribution < -0.4 is 4.90 Å². The molecule has 0 saturated carbocycles. The summed E-state index contributed by atoms with van der Waals surface area (Å²) in [5.74, 6) is -0.973. The first kappa shape index (κ1) is 23.5. The van der Waals surface area contributed by atoms with Gasteiger partial charge in [0.1, 0.15) is 6.04 Å². The molecule has 0 spiro atoms. The summed E-state index contributed by atoms with van der Waals surface area (Å²) >= 11 is 0. The van der Waals surface area contributed by atoms with E-state index in [9.17, 15) is 19.6 Å². The molecule has 3 aromatic carbocycles. The number of amides is 3. The van der Waals surface area contributed by atoms with Gasteiger partial charge in [-0.05, 0) is 54.8 Å². The Balaban J connectivity index is 1.32. The van der Waals surface area contributed by atoms with Crippen LogP contribution in [0, 0.1) is 25.2 Å². The molecule has 0 bridgehead atoms. The second-order valence-corrected chi connectivity index (χ2v) is 9.27. The van der Waals surface area contributed by atoms with E-state index in [-0.39, 0.29) is 23.4 Å². The zero-order valence-corrected chi connectivity index (χ0v) is 20.3. The predicted octanol–water partition coefficient (Wildman–Crippen LogP) is 4.13. The molecule has 1 saturated heterocycles. The van der Waals surface area contributed by atoms with Crippen LogP contribution in [0.25, 0.3) is 0 Å². The number of piperazine rings is 1. The zero-order valence-electron chi connectivity index (χ0n) is 20.3. The molecule has 5 rings (SSSR count). The molecule has 36 heavy (non-hydrogen) atoms. The molecule has 1 unspecified atom stereocenters. The van der Waals surface area contributed by atoms with Crippen LogP contribution in [-0.2, 0) is 0 Å². The third kappa shape index (κ3) is 4.06. The van der Waals surface area contributed by atoms with Crippen molar-refractivity contribution in [1.82, 2.24) is 9.80 Å². The van der Waals surface area contributed by atoms with Gasteiger partial charge in [0.15, 0.2) is 0 Å². The van der Waals surface area contributed by atoms with Gasteiger partial charge in [-0.2, -0.15) is 5.26 Å². The van der Waals surface area contributed by atoms with Crippen molar-refractivity contribution in [3.05, 3.63) is 100 Å². The summed E-state index contributed by atoms with van der Waals surface area (Å²) in [4.78, 5) is 44.6. The van der Waals surface area contributed by atoms with Crippen molar-refractivity contribution in [2.75, 3.05) is 31.1 Å². The summed E-state index contributed by atoms with van der Waals surface area (Å²) in [7, 11) is 0. The molecule has 0 radical (unpaired) electrons. The van der Waals surface area contributed by atoms with E-state index >= 15 is 0 Å². The van der Waals surface area contributed by atoms with Gasteiger partial charge >= 0.3 is 0 Å². The highest BCUT2D eigenvalue weighted by molar-refractivity contribution is 6.35. The quantitative estimate of drug-likeness (QED) is 0.527. The number of fused-ring (bicyclic) bond motifs is 1. The van der Waals surface area contributed by atoms with Crippen molar-refractivity contribution in [2.24, 2.45) is 0 Å². The number of carbonyl (C=O) groups is 3. The maximum absolute atomic E-state index is 13.3. The van der Waals surface area contributed by atoms with Gasteiger partial charge in [-0.15, -0.1) is 0 Å². The molecule has 3 aromatic rings. The minimum absolute atomic E-state index is 0.184. The second-order valence-electron chi connectivity index (χ2n) is 9.27. The summed E-state index contributed by atoms with van der Waals surface area (Å²) < 4.78 is 0. The summed E-state index contributed by atoms with van der Waals surface area (Å²) in [6, 6.07) is 22.0. The second kappa shape index (κ2) is 9.40. The van der Waals surface area contributed by atoms with Crippen LogP contribution in [-0.4, -0.2) is 53.7 Å². The first-order valence-electron chi connectivity index (χ1n) is 12.0. The Morgan fingerprint density at radius 3 is 2.25 bits per heavy atom. The number of imide groups is 1. The lowest BCUT2D eigenvalue weighted by Gasteiger charge is -2.37. The van der Waals surface area contributed by atoms with E-state index in [0.29, 0.717) is 43.0 Å². The summed E-state index contributed by atoms with van der Waals surface area (Å²) in [6.07, 6.45) is 0. The monoisotopic (exact) mass is 478 g/mol. The summed E-state index contributed by atoms with van der Waals surface area (Å²) in [6.45, 7) is 5.87. The third-order valence-electron chi connectivity index (χ3n) is 6.94. The Bertz CT molecular complexity index is 1400. The Morgan fingerprint density at radius 1 is 0.861 bits per heavy atom. The molecule has 2 aliphatic rings. The van der Waals surface area contributed by atoms with E-state index in [1.54, 1.807) is 17.0 Å². The highest BCUT2D eigenvalue weighted by atomic mass is 16.2. The number of hydrogen-bond donors (Lipinski definition) is 0. The lowest BCUT2D eigenvalue weighted by atomic mass is 10.0. The molecule has 180 valence electrons. The predicted molar refractivity (Wildman–Crippen MR) is 136 cm³/mol. The molecule has 7 heteroatoms. The van der Waals surface area contributed by atoms with Crippen LogP contribution in [0.15, 0.2) is 66.7 Å². The number of nitriles is 1. The number of benzene rings is 3. The molecule has 1 atom stereocenters. The van der Waals surface area contributed by atoms with Crippen LogP contribution in [0.3, 0.4) is 0 Å². The van der Waals surface area contributed by atoms with Crippen LogP contribution >= 0.6 is 0 Å². The van der Waals surface area contributed by atoms with E-state index in [4.69, 9.17) is 0 Å². The van der Waals surface area contributed by atoms with Gasteiger partial charge in [0, 0.05) is 31.7 Å². The van der Waals surface area contributed by atoms with Gasteiger partial charge < -0.3 is 4.90 Å². The van der Waals surface area contributed by atoms with E-state index in [2.05, 4.69) is 11.0 Å². The van der Waals surface area contributed by atoms with Crippen molar-refractivity contribution < 1.29 is 14.4 Å². The average molecular weight is 479 g/mol. The molecule has 2 heterocycles. The van der Waals surface area contributed by atoms with Gasteiger partial charge in [-0.1, -0.05) is 42.5 Å². The lowest BCUT2D eigenvalue weighted by Crippen LogP contribution is -2.49. The van der Waals surface area contributed by atoms with Gasteiger partial charge in [-0.25, -0.2) is 4.90 Å². The van der Waals surface area contributed by atoms with Crippen LogP contribution in [0.5, 0.6) is 0 Å². The molecule has 0 aliphatic carbocycles. The molecule has 7 nitrogen and oxygen atoms in total. The first-order valence-corrected chi connectivity index (χ1v) is 12.0. The fourth-order valence-electron chi connectivity index (χ4n) is 4.92. The average Bonchev–Trinajstić information content (AvgIpc) is 3.15. The number of carbonyl (C=O) groups excluding carboxylic acids is 3. The SMILES string of the molecule is Cc1ccc(C)c(N2C(=O)c3ccc(C(=O)N4CCN(C(C#N)c5ccccc5)CC4)cc3C2=O)c1. The van der Waals surface area contributed by atoms with E-state index in [0.717, 1.165) is 16.7 Å². The number of rotatable bonds is 4. The lowest BCUT2D eigenvalue weighted by molar-refractivity contribution is 0.0606. The largest absolute Gasteiger partial charge is 0.336 e. The van der Waals surface area contributed by atoms with Crippen molar-refractivity contribution >= 4 is 23.4 Å². The van der Waals surface area contributed by atoms with E-state index < -0.39 is 5.91 Å². The summed E-state index contributed by atoms with van der Waals surface area (Å²) in [5.41, 5.74) is 4.22. The highest BCUT2D eigenvalue weighted by Gasteiger charge is 2.38. The number of aryl methyl sites for hydroxylation is 2. The zero-order chi connectivity index (χ0) is 25.4. The molecular formula is C29H26N4O3. The van der Waals surface area contributed by atoms with Gasteiger partial charge in [0.25, 0.3) is 17.7 Å². The Labute approximate surface area is 210 Å². The molecule has 3 amide bonds. The molecule has 0 aromatic heterocycles. The van der Waals surface area contributed by atoms with Gasteiger partial charge in [0.2, 0.25) is 0 Å². The van der Waals surface area contributed by atoms with Crippen molar-refractivity contribution in [3.8, 4) is 6.07 Å². The topological polar surface area (TPSA) is 84.7 Å². The van der Waals surface area contributed by atoms with Gasteiger partial charge in [0.05, 0.1) is 22.9 Å². The number of anilines is 1. The number of hydrogen-bond acceptors (Lipinski definition) is 5. The minimum atomic E-state index is -0.414. The minimum Gasteiger partial charge on any atom is -0.336 e. The molecular weight excluding hydrogens is 452 g/mol. The van der Waals surface area contributed by atoms with Gasteiger partial charge in [-0.3, -0.25) is 19.3 Å². The number of nitrogens with zero attached hydrogens (tertiary/aromatic N) is 4. The van der Waals surface area contributed by atoms with Crippen molar-refractivity contribution in [3.63, 3.8) is 0 Å². The first-order chi connectivity index (χ1) is 17.4. The fraction of sp³-hybridized carbons (Fsp3) is 0.241. The van der Waals surface area contributed by atoms with E-state index in [1.165, 1.54) is 11.0 Å². The normalized spacial score (nSPS) is 16.6. The van der Waals surface area contributed by atoms with E-state index in [1.807, 2.05) is 62.4 Å². The standard InChI is InChI=1S/C29H26N4O3/c1-19-8-9-20(2)25(16-19)33-28(35)23-11-10-22(17-24(23)29(33)36)27(34)32-14-12-31(13-15-32)26(18-30)21-6-4-3-5-7-21/h3-11,16-17,26H,12-15H2,1-2H3. The van der Waals surface area contributed by atoms with Crippen LogP contribution in [0.1, 0.15) is 53.8 Å². The fourth-order valence-corrected chi connectivity index (χ4v) is 4.92. The molecule has 1 fully saturated rings. The maximum atomic E-state index is 13.3. The Morgan fingerprint density at radius 2 is 1.56 bits per heavy atom. The Hall–Kier alpha value is -4.28. The molecule has 2 aliphatic heterocycles. The van der Waals surface area contributed by atoms with Crippen LogP contribution in [0.4, 0.5) is 5.69 Å². The molecule has 0 N–H and O–H groups in total. The third-order valence-corrected chi connectivity index (χ3v) is 6.94. The summed E-state index contributed by atoms with van der Waals surface area (Å²) in [5, 5.41) is 9.72.